The van der Waals surface area contributed by atoms with Crippen molar-refractivity contribution in [1.29, 1.82) is 0 Å². The molecule has 1 aromatic heterocycles. The number of nitrogens with zero attached hydrogens (tertiary/aromatic N) is 3. The van der Waals surface area contributed by atoms with Crippen LogP contribution in [0.1, 0.15) is 24.3 Å². The third-order valence-corrected chi connectivity index (χ3v) is 6.48. The van der Waals surface area contributed by atoms with Crippen molar-refractivity contribution in [2.24, 2.45) is 17.3 Å². The summed E-state index contributed by atoms with van der Waals surface area (Å²) in [5, 5.41) is 12.8. The molecule has 1 N–H and O–H groups in total. The number of carbonyl (C=O) groups is 2. The first kappa shape index (κ1) is 15.1. The number of likely N-dealkylation sites (tertiary alicyclic amines) is 2. The topological polar surface area (TPSA) is 73.7 Å². The van der Waals surface area contributed by atoms with E-state index in [-0.39, 0.29) is 17.7 Å². The molecule has 1 amide bonds. The summed E-state index contributed by atoms with van der Waals surface area (Å²) in [5.74, 6) is -0.402. The Morgan fingerprint density at radius 2 is 2.17 bits per heavy atom. The number of amides is 1. The van der Waals surface area contributed by atoms with E-state index in [0.29, 0.717) is 26.2 Å². The molecule has 6 nitrogen and oxygen atoms in total. The van der Waals surface area contributed by atoms with Crippen molar-refractivity contribution in [3.05, 3.63) is 16.6 Å². The van der Waals surface area contributed by atoms with E-state index in [4.69, 9.17) is 0 Å². The van der Waals surface area contributed by atoms with Crippen LogP contribution in [0.25, 0.3) is 0 Å². The first-order valence-electron chi connectivity index (χ1n) is 8.21. The summed E-state index contributed by atoms with van der Waals surface area (Å²) in [5.41, 5.74) is -0.795. The summed E-state index contributed by atoms with van der Waals surface area (Å²) >= 11 is 1.60. The average Bonchev–Trinajstić information content (AvgIpc) is 3.10. The Balaban J connectivity index is 1.47. The molecule has 0 radical (unpaired) electrons. The van der Waals surface area contributed by atoms with Crippen molar-refractivity contribution in [2.75, 3.05) is 26.2 Å². The number of aliphatic carboxylic acids is 1. The molecular weight excluding hydrogens is 314 g/mol. The Hall–Kier alpha value is -1.47. The Labute approximate surface area is 139 Å². The summed E-state index contributed by atoms with van der Waals surface area (Å²) in [6.07, 6.45) is 4.84. The van der Waals surface area contributed by atoms with E-state index in [9.17, 15) is 14.7 Å². The van der Waals surface area contributed by atoms with Crippen LogP contribution in [0, 0.1) is 17.3 Å². The van der Waals surface area contributed by atoms with Crippen LogP contribution in [0.2, 0.25) is 0 Å². The average molecular weight is 335 g/mol. The van der Waals surface area contributed by atoms with Crippen molar-refractivity contribution in [1.82, 2.24) is 14.8 Å². The lowest BCUT2D eigenvalue weighted by molar-refractivity contribution is -0.149. The van der Waals surface area contributed by atoms with E-state index >= 15 is 0 Å². The number of fused-ring (bicyclic) bond motifs is 1. The fourth-order valence-electron chi connectivity index (χ4n) is 4.20. The smallest absolute Gasteiger partial charge is 0.313 e. The zero-order valence-corrected chi connectivity index (χ0v) is 13.8. The van der Waals surface area contributed by atoms with Gasteiger partial charge in [0.15, 0.2) is 0 Å². The molecule has 0 unspecified atom stereocenters. The molecule has 3 aliphatic rings. The quantitative estimate of drug-likeness (QED) is 0.897. The maximum absolute atomic E-state index is 12.5. The standard InChI is InChI=1S/C16H21N3O3S/c20-14(11-2-1-3-11)19-7-12-6-18(8-13-17-4-5-23-13)9-16(12,10-19)15(21)22/h4-5,11-12H,1-3,6-10H2,(H,21,22)/t12-,16-/m0/s1. The molecule has 2 atom stereocenters. The molecule has 0 spiro atoms. The zero-order valence-electron chi connectivity index (χ0n) is 13.0. The molecule has 124 valence electrons. The molecular formula is C16H21N3O3S. The van der Waals surface area contributed by atoms with Gasteiger partial charge in [0.2, 0.25) is 5.91 Å². The largest absolute Gasteiger partial charge is 0.481 e. The van der Waals surface area contributed by atoms with E-state index in [2.05, 4.69) is 9.88 Å². The number of aromatic nitrogens is 1. The van der Waals surface area contributed by atoms with Crippen LogP contribution in [-0.4, -0.2) is 57.9 Å². The van der Waals surface area contributed by atoms with Crippen molar-refractivity contribution in [2.45, 2.75) is 25.8 Å². The zero-order chi connectivity index (χ0) is 16.0. The second kappa shape index (κ2) is 5.56. The molecule has 23 heavy (non-hydrogen) atoms. The van der Waals surface area contributed by atoms with Gasteiger partial charge in [-0.1, -0.05) is 6.42 Å². The number of rotatable bonds is 4. The van der Waals surface area contributed by atoms with Gasteiger partial charge in [0.25, 0.3) is 0 Å². The maximum atomic E-state index is 12.5. The van der Waals surface area contributed by atoms with Gasteiger partial charge in [0, 0.05) is 49.6 Å². The minimum absolute atomic E-state index is 0.0315. The van der Waals surface area contributed by atoms with Gasteiger partial charge in [-0.15, -0.1) is 11.3 Å². The van der Waals surface area contributed by atoms with Crippen LogP contribution in [0.3, 0.4) is 0 Å². The molecule has 3 fully saturated rings. The summed E-state index contributed by atoms with van der Waals surface area (Å²) in [6.45, 7) is 2.92. The molecule has 4 rings (SSSR count). The van der Waals surface area contributed by atoms with Crippen LogP contribution < -0.4 is 0 Å². The fourth-order valence-corrected chi connectivity index (χ4v) is 4.85. The van der Waals surface area contributed by atoms with Crippen LogP contribution in [0.5, 0.6) is 0 Å². The van der Waals surface area contributed by atoms with Gasteiger partial charge in [-0.25, -0.2) is 4.98 Å². The van der Waals surface area contributed by atoms with E-state index in [1.165, 1.54) is 0 Å². The highest BCUT2D eigenvalue weighted by molar-refractivity contribution is 7.09. The minimum Gasteiger partial charge on any atom is -0.481 e. The molecule has 2 aliphatic heterocycles. The predicted octanol–water partition coefficient (Wildman–Crippen LogP) is 1.29. The molecule has 2 saturated heterocycles. The van der Waals surface area contributed by atoms with E-state index < -0.39 is 11.4 Å². The van der Waals surface area contributed by atoms with Crippen LogP contribution in [-0.2, 0) is 16.1 Å². The van der Waals surface area contributed by atoms with Gasteiger partial charge >= 0.3 is 5.97 Å². The number of carboxylic acids is 1. The highest BCUT2D eigenvalue weighted by Gasteiger charge is 2.58. The fraction of sp³-hybridized carbons (Fsp3) is 0.688. The molecule has 7 heteroatoms. The van der Waals surface area contributed by atoms with Crippen LogP contribution in [0.15, 0.2) is 11.6 Å². The highest BCUT2D eigenvalue weighted by Crippen LogP contribution is 2.44. The van der Waals surface area contributed by atoms with E-state index in [0.717, 1.165) is 30.8 Å². The van der Waals surface area contributed by atoms with Gasteiger partial charge < -0.3 is 10.0 Å². The van der Waals surface area contributed by atoms with Crippen molar-refractivity contribution in [3.8, 4) is 0 Å². The lowest BCUT2D eigenvalue weighted by Crippen LogP contribution is -2.44. The van der Waals surface area contributed by atoms with Crippen molar-refractivity contribution < 1.29 is 14.7 Å². The summed E-state index contributed by atoms with van der Waals surface area (Å²) < 4.78 is 0. The molecule has 1 saturated carbocycles. The lowest BCUT2D eigenvalue weighted by Gasteiger charge is -2.31. The summed E-state index contributed by atoms with van der Waals surface area (Å²) in [6, 6.07) is 0. The second-order valence-electron chi connectivity index (χ2n) is 7.10. The van der Waals surface area contributed by atoms with Crippen molar-refractivity contribution in [3.63, 3.8) is 0 Å². The Morgan fingerprint density at radius 3 is 2.74 bits per heavy atom. The molecule has 0 bridgehead atoms. The van der Waals surface area contributed by atoms with Gasteiger partial charge in [-0.2, -0.15) is 0 Å². The number of hydrogen-bond acceptors (Lipinski definition) is 5. The second-order valence-corrected chi connectivity index (χ2v) is 8.08. The predicted molar refractivity (Wildman–Crippen MR) is 84.9 cm³/mol. The highest BCUT2D eigenvalue weighted by atomic mass is 32.1. The molecule has 1 aromatic rings. The SMILES string of the molecule is O=C(C1CCC1)N1C[C@@H]2CN(Cc3nccs3)C[C@]2(C(=O)O)C1. The van der Waals surface area contributed by atoms with Gasteiger partial charge in [0.05, 0.1) is 6.54 Å². The molecule has 1 aliphatic carbocycles. The number of hydrogen-bond donors (Lipinski definition) is 1. The lowest BCUT2D eigenvalue weighted by atomic mass is 9.81. The van der Waals surface area contributed by atoms with Crippen LogP contribution >= 0.6 is 11.3 Å². The Kier molecular flexibility index (Phi) is 3.65. The molecule has 3 heterocycles. The van der Waals surface area contributed by atoms with Crippen LogP contribution in [0.4, 0.5) is 0 Å². The first-order valence-corrected chi connectivity index (χ1v) is 9.09. The van der Waals surface area contributed by atoms with Crippen molar-refractivity contribution >= 4 is 23.2 Å². The number of thiazole rings is 1. The Bertz CT molecular complexity index is 616. The third kappa shape index (κ3) is 2.46. The summed E-state index contributed by atoms with van der Waals surface area (Å²) in [4.78, 5) is 32.8. The molecule has 0 aromatic carbocycles. The Morgan fingerprint density at radius 1 is 1.35 bits per heavy atom. The van der Waals surface area contributed by atoms with E-state index in [1.807, 2.05) is 10.3 Å². The normalized spacial score (nSPS) is 31.1. The van der Waals surface area contributed by atoms with Gasteiger partial charge in [-0.05, 0) is 12.8 Å². The van der Waals surface area contributed by atoms with E-state index in [1.54, 1.807) is 17.5 Å². The van der Waals surface area contributed by atoms with Gasteiger partial charge in [-0.3, -0.25) is 14.5 Å². The van der Waals surface area contributed by atoms with Gasteiger partial charge in [0.1, 0.15) is 10.4 Å². The number of carboxylic acid groups (broad SMARTS) is 1. The maximum Gasteiger partial charge on any atom is 0.313 e. The monoisotopic (exact) mass is 335 g/mol. The number of carbonyl (C=O) groups excluding carboxylic acids is 1. The first-order chi connectivity index (χ1) is 11.1. The minimum atomic E-state index is -0.795. The summed E-state index contributed by atoms with van der Waals surface area (Å²) in [7, 11) is 0. The third-order valence-electron chi connectivity index (χ3n) is 5.71.